The molecule has 4 heteroatoms. The highest BCUT2D eigenvalue weighted by Gasteiger charge is 2.25. The minimum Gasteiger partial charge on any atom is -0.310 e. The molecule has 2 aromatic rings. The summed E-state index contributed by atoms with van der Waals surface area (Å²) in [5.74, 6) is 0.580. The highest BCUT2D eigenvalue weighted by atomic mass is 16.2. The van der Waals surface area contributed by atoms with Crippen LogP contribution in [0.4, 0.5) is 16.2 Å². The van der Waals surface area contributed by atoms with Gasteiger partial charge < -0.3 is 10.6 Å². The van der Waals surface area contributed by atoms with Gasteiger partial charge in [0.2, 0.25) is 0 Å². The standard InChI is InChI=1S/C20H22N3O/c24-20-22-18-11-8-16(12-19(18)23-20)15-6-9-17(10-7-15)21-13-14-4-2-1-3-5-14/h1-5,8,11-12,15,17,21H,6-7,9-10,13H2,(H,22,24). The maximum absolute atomic E-state index is 11.3. The third-order valence-corrected chi connectivity index (χ3v) is 5.12. The lowest BCUT2D eigenvalue weighted by Crippen LogP contribution is -2.32. The largest absolute Gasteiger partial charge is 0.346 e. The van der Waals surface area contributed by atoms with E-state index in [4.69, 9.17) is 0 Å². The number of nitrogens with one attached hydrogen (secondary N) is 2. The summed E-state index contributed by atoms with van der Waals surface area (Å²) < 4.78 is 0. The average molecular weight is 320 g/mol. The first-order valence-electron chi connectivity index (χ1n) is 8.72. The lowest BCUT2D eigenvalue weighted by atomic mass is 9.81. The topological polar surface area (TPSA) is 55.2 Å². The van der Waals surface area contributed by atoms with E-state index in [1.54, 1.807) is 0 Å². The number of urea groups is 1. The number of carbonyl (C=O) groups excluding carboxylic acids is 1. The summed E-state index contributed by atoms with van der Waals surface area (Å²) in [6.07, 6.45) is 4.77. The summed E-state index contributed by atoms with van der Waals surface area (Å²) in [7, 11) is 0. The highest BCUT2D eigenvalue weighted by molar-refractivity contribution is 6.02. The number of rotatable bonds is 4. The molecule has 0 spiro atoms. The second-order valence-corrected chi connectivity index (χ2v) is 6.73. The molecule has 1 saturated carbocycles. The van der Waals surface area contributed by atoms with Crippen LogP contribution in [0.15, 0.2) is 48.5 Å². The number of nitrogens with zero attached hydrogens (tertiary/aromatic N) is 1. The van der Waals surface area contributed by atoms with Gasteiger partial charge in [-0.05, 0) is 54.9 Å². The van der Waals surface area contributed by atoms with Crippen molar-refractivity contribution in [1.29, 1.82) is 0 Å². The predicted molar refractivity (Wildman–Crippen MR) is 95.5 cm³/mol. The number of hydrogen-bond donors (Lipinski definition) is 2. The zero-order valence-electron chi connectivity index (χ0n) is 13.7. The molecule has 0 atom stereocenters. The maximum Gasteiger partial charge on any atom is 0.346 e. The normalized spacial score (nSPS) is 22.6. The van der Waals surface area contributed by atoms with Gasteiger partial charge in [0.15, 0.2) is 0 Å². The third kappa shape index (κ3) is 3.29. The Hall–Kier alpha value is -2.33. The van der Waals surface area contributed by atoms with Crippen molar-refractivity contribution in [2.45, 2.75) is 44.2 Å². The van der Waals surface area contributed by atoms with Gasteiger partial charge in [-0.1, -0.05) is 36.4 Å². The Labute approximate surface area is 142 Å². The SMILES string of the molecule is O=C1[N]c2cc(C3CCC(NCc4ccccc4)CC3)ccc2N1. The van der Waals surface area contributed by atoms with Crippen LogP contribution in [0.5, 0.6) is 0 Å². The monoisotopic (exact) mass is 320 g/mol. The van der Waals surface area contributed by atoms with Crippen molar-refractivity contribution in [1.82, 2.24) is 10.6 Å². The molecule has 2 aromatic carbocycles. The van der Waals surface area contributed by atoms with Gasteiger partial charge in [-0.3, -0.25) is 0 Å². The minimum atomic E-state index is -0.254. The Kier molecular flexibility index (Phi) is 4.22. The summed E-state index contributed by atoms with van der Waals surface area (Å²) in [6.45, 7) is 0.946. The molecule has 2 aliphatic rings. The Morgan fingerprint density at radius 3 is 2.62 bits per heavy atom. The third-order valence-electron chi connectivity index (χ3n) is 5.12. The zero-order chi connectivity index (χ0) is 16.4. The number of carbonyl (C=O) groups is 1. The molecule has 1 aliphatic carbocycles. The fourth-order valence-electron chi connectivity index (χ4n) is 3.74. The van der Waals surface area contributed by atoms with Crippen molar-refractivity contribution < 1.29 is 4.79 Å². The van der Waals surface area contributed by atoms with Crippen molar-refractivity contribution in [3.63, 3.8) is 0 Å². The van der Waals surface area contributed by atoms with Crippen molar-refractivity contribution in [3.05, 3.63) is 59.7 Å². The Bertz CT molecular complexity index is 721. The molecule has 1 aliphatic heterocycles. The van der Waals surface area contributed by atoms with Crippen LogP contribution in [0.3, 0.4) is 0 Å². The average Bonchev–Trinajstić information content (AvgIpc) is 3.00. The van der Waals surface area contributed by atoms with E-state index in [0.717, 1.165) is 17.9 Å². The number of fused-ring (bicyclic) bond motifs is 1. The van der Waals surface area contributed by atoms with Crippen molar-refractivity contribution in [2.24, 2.45) is 0 Å². The van der Waals surface area contributed by atoms with Gasteiger partial charge in [0.1, 0.15) is 0 Å². The molecule has 4 rings (SSSR count). The second-order valence-electron chi connectivity index (χ2n) is 6.73. The van der Waals surface area contributed by atoms with Gasteiger partial charge >= 0.3 is 6.03 Å². The molecule has 0 aromatic heterocycles. The number of amides is 2. The molecule has 0 unspecified atom stereocenters. The molecule has 2 amide bonds. The lowest BCUT2D eigenvalue weighted by Gasteiger charge is -2.29. The first-order valence-corrected chi connectivity index (χ1v) is 8.72. The molecule has 1 fully saturated rings. The van der Waals surface area contributed by atoms with Gasteiger partial charge in [0.25, 0.3) is 0 Å². The van der Waals surface area contributed by atoms with Crippen LogP contribution < -0.4 is 16.0 Å². The number of hydrogen-bond acceptors (Lipinski definition) is 2. The summed E-state index contributed by atoms with van der Waals surface area (Å²) in [4.78, 5) is 11.3. The van der Waals surface area contributed by atoms with Crippen LogP contribution in [0.25, 0.3) is 0 Å². The van der Waals surface area contributed by atoms with Crippen molar-refractivity contribution in [3.8, 4) is 0 Å². The van der Waals surface area contributed by atoms with Crippen LogP contribution in [0, 0.1) is 0 Å². The molecule has 24 heavy (non-hydrogen) atoms. The van der Waals surface area contributed by atoms with Gasteiger partial charge in [0, 0.05) is 12.6 Å². The van der Waals surface area contributed by atoms with Crippen molar-refractivity contribution >= 4 is 17.4 Å². The fraction of sp³-hybridized carbons (Fsp3) is 0.350. The highest BCUT2D eigenvalue weighted by Crippen LogP contribution is 2.37. The van der Waals surface area contributed by atoms with E-state index in [1.807, 2.05) is 6.07 Å². The van der Waals surface area contributed by atoms with Crippen LogP contribution in [0.1, 0.15) is 42.7 Å². The lowest BCUT2D eigenvalue weighted by molar-refractivity contribution is 0.256. The molecule has 0 bridgehead atoms. The molecule has 2 N–H and O–H groups in total. The molecule has 1 heterocycles. The summed E-state index contributed by atoms with van der Waals surface area (Å²) >= 11 is 0. The number of benzene rings is 2. The van der Waals surface area contributed by atoms with Crippen molar-refractivity contribution in [2.75, 3.05) is 5.32 Å². The second kappa shape index (κ2) is 6.65. The molecule has 1 radical (unpaired) electrons. The van der Waals surface area contributed by atoms with Gasteiger partial charge in [-0.15, -0.1) is 0 Å². The molecular formula is C20H22N3O. The van der Waals surface area contributed by atoms with Crippen LogP contribution in [-0.4, -0.2) is 12.1 Å². The quantitative estimate of drug-likeness (QED) is 0.883. The Balaban J connectivity index is 1.32. The first kappa shape index (κ1) is 15.2. The summed E-state index contributed by atoms with van der Waals surface area (Å²) in [6, 6.07) is 17.1. The van der Waals surface area contributed by atoms with E-state index in [2.05, 4.69) is 58.4 Å². The van der Waals surface area contributed by atoms with Gasteiger partial charge in [-0.25, -0.2) is 4.79 Å². The van der Waals surface area contributed by atoms with E-state index in [0.29, 0.717) is 12.0 Å². The van der Waals surface area contributed by atoms with Gasteiger partial charge in [-0.2, -0.15) is 5.32 Å². The van der Waals surface area contributed by atoms with Crippen LogP contribution in [0.2, 0.25) is 0 Å². The number of anilines is 1. The minimum absolute atomic E-state index is 0.254. The summed E-state index contributed by atoms with van der Waals surface area (Å²) in [5, 5.41) is 10.5. The Morgan fingerprint density at radius 2 is 1.83 bits per heavy atom. The predicted octanol–water partition coefficient (Wildman–Crippen LogP) is 4.28. The van der Waals surface area contributed by atoms with Crippen LogP contribution >= 0.6 is 0 Å². The Morgan fingerprint density at radius 1 is 1.04 bits per heavy atom. The first-order chi connectivity index (χ1) is 11.8. The fourth-order valence-corrected chi connectivity index (χ4v) is 3.74. The van der Waals surface area contributed by atoms with E-state index in [9.17, 15) is 4.79 Å². The molecule has 123 valence electrons. The van der Waals surface area contributed by atoms with E-state index in [1.165, 1.54) is 36.8 Å². The van der Waals surface area contributed by atoms with Gasteiger partial charge in [0.05, 0.1) is 11.4 Å². The smallest absolute Gasteiger partial charge is 0.310 e. The molecular weight excluding hydrogens is 298 g/mol. The van der Waals surface area contributed by atoms with E-state index in [-0.39, 0.29) is 6.03 Å². The van der Waals surface area contributed by atoms with E-state index < -0.39 is 0 Å². The summed E-state index contributed by atoms with van der Waals surface area (Å²) in [5.41, 5.74) is 4.29. The van der Waals surface area contributed by atoms with Crippen LogP contribution in [-0.2, 0) is 6.54 Å². The maximum atomic E-state index is 11.3. The van der Waals surface area contributed by atoms with E-state index >= 15 is 0 Å². The molecule has 4 nitrogen and oxygen atoms in total. The molecule has 0 saturated heterocycles. The zero-order valence-corrected chi connectivity index (χ0v) is 13.7.